The van der Waals surface area contributed by atoms with Crippen LogP contribution >= 0.6 is 0 Å². The normalized spacial score (nSPS) is 18.8. The van der Waals surface area contributed by atoms with Gasteiger partial charge in [-0.3, -0.25) is 0 Å². The van der Waals surface area contributed by atoms with Crippen LogP contribution in [-0.4, -0.2) is 23.3 Å². The molecular formula is C13H19F3N4. The molecule has 1 aromatic rings. The van der Waals surface area contributed by atoms with E-state index in [1.165, 1.54) is 12.5 Å². The molecule has 0 unspecified atom stereocenters. The summed E-state index contributed by atoms with van der Waals surface area (Å²) in [6, 6.07) is 2.24. The topological polar surface area (TPSA) is 63.8 Å². The molecule has 1 aliphatic rings. The van der Waals surface area contributed by atoms with Gasteiger partial charge < -0.3 is 11.1 Å². The molecule has 0 radical (unpaired) electrons. The smallest absolute Gasteiger partial charge is 0.368 e. The predicted molar refractivity (Wildman–Crippen MR) is 70.1 cm³/mol. The molecule has 0 spiro atoms. The van der Waals surface area contributed by atoms with Crippen molar-refractivity contribution in [2.24, 2.45) is 11.1 Å². The lowest BCUT2D eigenvalue weighted by Crippen LogP contribution is -2.39. The van der Waals surface area contributed by atoms with Gasteiger partial charge in [-0.2, -0.15) is 13.2 Å². The minimum Gasteiger partial charge on any atom is -0.368 e. The Hall–Kier alpha value is -1.37. The van der Waals surface area contributed by atoms with Gasteiger partial charge in [0.1, 0.15) is 5.82 Å². The fourth-order valence-corrected chi connectivity index (χ4v) is 2.61. The Morgan fingerprint density at radius 1 is 1.15 bits per heavy atom. The van der Waals surface area contributed by atoms with Crippen molar-refractivity contribution < 1.29 is 13.2 Å². The summed E-state index contributed by atoms with van der Waals surface area (Å²) in [6.07, 6.45) is 1.17. The molecule has 112 valence electrons. The van der Waals surface area contributed by atoms with E-state index in [0.717, 1.165) is 31.7 Å². The molecule has 0 saturated heterocycles. The van der Waals surface area contributed by atoms with Crippen LogP contribution in [-0.2, 0) is 6.18 Å². The Kier molecular flexibility index (Phi) is 4.47. The third-order valence-corrected chi connectivity index (χ3v) is 3.95. The predicted octanol–water partition coefficient (Wildman–Crippen LogP) is 2.82. The average molecular weight is 288 g/mol. The van der Waals surface area contributed by atoms with E-state index in [2.05, 4.69) is 15.5 Å². The van der Waals surface area contributed by atoms with Gasteiger partial charge in [-0.25, -0.2) is 0 Å². The summed E-state index contributed by atoms with van der Waals surface area (Å²) in [7, 11) is 0. The van der Waals surface area contributed by atoms with Crippen molar-refractivity contribution in [3.8, 4) is 0 Å². The molecule has 1 fully saturated rings. The van der Waals surface area contributed by atoms with E-state index in [4.69, 9.17) is 5.73 Å². The number of alkyl halides is 3. The van der Waals surface area contributed by atoms with Gasteiger partial charge >= 0.3 is 6.18 Å². The van der Waals surface area contributed by atoms with Crippen LogP contribution in [0.2, 0.25) is 0 Å². The first kappa shape index (κ1) is 15.0. The summed E-state index contributed by atoms with van der Waals surface area (Å²) in [4.78, 5) is 0. The summed E-state index contributed by atoms with van der Waals surface area (Å²) >= 11 is 0. The Balaban J connectivity index is 1.96. The summed E-state index contributed by atoms with van der Waals surface area (Å²) in [6.45, 7) is 1.21. The maximum absolute atomic E-state index is 12.4. The second-order valence-electron chi connectivity index (χ2n) is 5.42. The lowest BCUT2D eigenvalue weighted by atomic mass is 9.74. The zero-order valence-electron chi connectivity index (χ0n) is 11.2. The monoisotopic (exact) mass is 288 g/mol. The molecule has 1 aromatic heterocycles. The lowest BCUT2D eigenvalue weighted by molar-refractivity contribution is -0.141. The number of hydrogen-bond acceptors (Lipinski definition) is 4. The second-order valence-corrected chi connectivity index (χ2v) is 5.42. The van der Waals surface area contributed by atoms with Crippen molar-refractivity contribution in [2.45, 2.75) is 38.3 Å². The van der Waals surface area contributed by atoms with E-state index >= 15 is 0 Å². The Bertz CT molecular complexity index is 424. The van der Waals surface area contributed by atoms with Crippen molar-refractivity contribution in [1.29, 1.82) is 0 Å². The minimum absolute atomic E-state index is 0.0304. The lowest BCUT2D eigenvalue weighted by Gasteiger charge is -2.36. The molecule has 0 aliphatic heterocycles. The molecule has 1 aliphatic carbocycles. The van der Waals surface area contributed by atoms with Crippen molar-refractivity contribution >= 4 is 5.82 Å². The highest BCUT2D eigenvalue weighted by Crippen LogP contribution is 2.35. The summed E-state index contributed by atoms with van der Waals surface area (Å²) in [5, 5.41) is 9.83. The Morgan fingerprint density at radius 3 is 2.35 bits per heavy atom. The number of hydrogen-bond donors (Lipinski definition) is 2. The fourth-order valence-electron chi connectivity index (χ4n) is 2.61. The maximum Gasteiger partial charge on any atom is 0.435 e. The van der Waals surface area contributed by atoms with Gasteiger partial charge in [0.25, 0.3) is 0 Å². The molecule has 20 heavy (non-hydrogen) atoms. The molecule has 1 heterocycles. The van der Waals surface area contributed by atoms with Gasteiger partial charge in [0.15, 0.2) is 5.69 Å². The van der Waals surface area contributed by atoms with E-state index in [0.29, 0.717) is 18.9 Å². The molecule has 0 aromatic carbocycles. The van der Waals surface area contributed by atoms with Crippen molar-refractivity contribution in [1.82, 2.24) is 10.2 Å². The SMILES string of the molecule is NCC1(CNc2ccc(C(F)(F)F)nn2)CCCCC1. The van der Waals surface area contributed by atoms with Crippen LogP contribution in [0.15, 0.2) is 12.1 Å². The second kappa shape index (κ2) is 5.95. The van der Waals surface area contributed by atoms with Gasteiger partial charge in [-0.05, 0) is 36.9 Å². The Morgan fingerprint density at radius 2 is 1.85 bits per heavy atom. The number of anilines is 1. The van der Waals surface area contributed by atoms with Gasteiger partial charge in [-0.1, -0.05) is 19.3 Å². The number of nitrogens with zero attached hydrogens (tertiary/aromatic N) is 2. The Labute approximate surface area is 116 Å². The summed E-state index contributed by atoms with van der Waals surface area (Å²) in [5.41, 5.74) is 4.91. The van der Waals surface area contributed by atoms with Crippen LogP contribution in [0.1, 0.15) is 37.8 Å². The van der Waals surface area contributed by atoms with E-state index < -0.39 is 11.9 Å². The van der Waals surface area contributed by atoms with Crippen LogP contribution in [0.25, 0.3) is 0 Å². The molecular weight excluding hydrogens is 269 g/mol. The highest BCUT2D eigenvalue weighted by molar-refractivity contribution is 5.33. The molecule has 0 atom stereocenters. The maximum atomic E-state index is 12.4. The number of nitrogens with one attached hydrogen (secondary N) is 1. The van der Waals surface area contributed by atoms with Gasteiger partial charge in [0, 0.05) is 6.54 Å². The number of nitrogens with two attached hydrogens (primary N) is 1. The molecule has 4 nitrogen and oxygen atoms in total. The standard InChI is InChI=1S/C13H19F3N4/c14-13(15,16)10-4-5-11(20-19-10)18-9-12(8-17)6-2-1-3-7-12/h4-5H,1-3,6-9,17H2,(H,18,20). The van der Waals surface area contributed by atoms with Crippen LogP contribution in [0.4, 0.5) is 19.0 Å². The van der Waals surface area contributed by atoms with Crippen LogP contribution < -0.4 is 11.1 Å². The quantitative estimate of drug-likeness (QED) is 0.894. The van der Waals surface area contributed by atoms with E-state index in [1.807, 2.05) is 0 Å². The molecule has 1 saturated carbocycles. The number of rotatable bonds is 4. The zero-order chi connectivity index (χ0) is 14.6. The van der Waals surface area contributed by atoms with Gasteiger partial charge in [0.05, 0.1) is 0 Å². The zero-order valence-corrected chi connectivity index (χ0v) is 11.2. The highest BCUT2D eigenvalue weighted by atomic mass is 19.4. The first-order chi connectivity index (χ1) is 9.45. The van der Waals surface area contributed by atoms with Gasteiger partial charge in [-0.15, -0.1) is 10.2 Å². The van der Waals surface area contributed by atoms with Crippen molar-refractivity contribution in [3.63, 3.8) is 0 Å². The first-order valence-corrected chi connectivity index (χ1v) is 6.80. The molecule has 0 amide bonds. The van der Waals surface area contributed by atoms with Crippen LogP contribution in [0.3, 0.4) is 0 Å². The van der Waals surface area contributed by atoms with Gasteiger partial charge in [0.2, 0.25) is 0 Å². The van der Waals surface area contributed by atoms with Crippen molar-refractivity contribution in [3.05, 3.63) is 17.8 Å². The molecule has 7 heteroatoms. The van der Waals surface area contributed by atoms with Crippen molar-refractivity contribution in [2.75, 3.05) is 18.4 Å². The summed E-state index contributed by atoms with van der Waals surface area (Å²) < 4.78 is 37.1. The molecule has 3 N–H and O–H groups in total. The number of halogens is 3. The third-order valence-electron chi connectivity index (χ3n) is 3.95. The highest BCUT2D eigenvalue weighted by Gasteiger charge is 2.33. The third kappa shape index (κ3) is 3.59. The number of aromatic nitrogens is 2. The summed E-state index contributed by atoms with van der Waals surface area (Å²) in [5.74, 6) is 0.358. The fraction of sp³-hybridized carbons (Fsp3) is 0.692. The van der Waals surface area contributed by atoms with E-state index in [9.17, 15) is 13.2 Å². The van der Waals surface area contributed by atoms with Crippen LogP contribution in [0, 0.1) is 5.41 Å². The van der Waals surface area contributed by atoms with E-state index in [-0.39, 0.29) is 5.41 Å². The minimum atomic E-state index is -4.45. The molecule has 2 rings (SSSR count). The molecule has 0 bridgehead atoms. The largest absolute Gasteiger partial charge is 0.435 e. The first-order valence-electron chi connectivity index (χ1n) is 6.80. The van der Waals surface area contributed by atoms with E-state index in [1.54, 1.807) is 0 Å². The van der Waals surface area contributed by atoms with Crippen LogP contribution in [0.5, 0.6) is 0 Å². The average Bonchev–Trinajstić information content (AvgIpc) is 2.46.